The van der Waals surface area contributed by atoms with E-state index in [1.54, 1.807) is 0 Å². The molecule has 6 bridgehead atoms. The summed E-state index contributed by atoms with van der Waals surface area (Å²) in [6.45, 7) is 0. The van der Waals surface area contributed by atoms with E-state index in [0.717, 1.165) is 67.6 Å². The molecule has 0 saturated heterocycles. The standard InChI is InChI=1S/C21H17N3S2/c1-2-16-10-25-12-18-8-6-14-4-5-15-7-9-19(24-21(15)20(14)23-18)13-26-11-17(3-1)22-16/h1-9H,10-13H2. The van der Waals surface area contributed by atoms with Gasteiger partial charge >= 0.3 is 0 Å². The second kappa shape index (κ2) is 6.89. The smallest absolute Gasteiger partial charge is 0.0968 e. The van der Waals surface area contributed by atoms with E-state index in [0.29, 0.717) is 0 Å². The Morgan fingerprint density at radius 1 is 0.500 bits per heavy atom. The Labute approximate surface area is 160 Å². The number of hydrogen-bond donors (Lipinski definition) is 0. The third-order valence-electron chi connectivity index (χ3n) is 4.50. The minimum atomic E-state index is 0.882. The maximum absolute atomic E-state index is 4.94. The quantitative estimate of drug-likeness (QED) is 0.387. The first-order valence-electron chi connectivity index (χ1n) is 8.64. The predicted octanol–water partition coefficient (Wildman–Crippen LogP) is 5.36. The van der Waals surface area contributed by atoms with E-state index in [2.05, 4.69) is 54.6 Å². The summed E-state index contributed by atoms with van der Waals surface area (Å²) in [5.74, 6) is 3.59. The zero-order chi connectivity index (χ0) is 17.3. The Morgan fingerprint density at radius 3 is 1.42 bits per heavy atom. The summed E-state index contributed by atoms with van der Waals surface area (Å²) in [6, 6.07) is 19.2. The van der Waals surface area contributed by atoms with Gasteiger partial charge < -0.3 is 0 Å². The SMILES string of the molecule is c1cc2nc(c1)CSCc1ccc3ccc4ccc(nc4c3n1)CSC2. The molecular formula is C21H17N3S2. The van der Waals surface area contributed by atoms with Gasteiger partial charge in [0.25, 0.3) is 0 Å². The van der Waals surface area contributed by atoms with E-state index >= 15 is 0 Å². The van der Waals surface area contributed by atoms with Crippen LogP contribution in [0.15, 0.2) is 54.6 Å². The lowest BCUT2D eigenvalue weighted by molar-refractivity contribution is 1.09. The maximum Gasteiger partial charge on any atom is 0.0968 e. The molecular weight excluding hydrogens is 358 g/mol. The lowest BCUT2D eigenvalue weighted by Crippen LogP contribution is -1.94. The highest BCUT2D eigenvalue weighted by molar-refractivity contribution is 7.98. The first-order valence-corrected chi connectivity index (χ1v) is 10.9. The van der Waals surface area contributed by atoms with Gasteiger partial charge in [-0.2, -0.15) is 0 Å². The van der Waals surface area contributed by atoms with Crippen molar-refractivity contribution in [3.63, 3.8) is 0 Å². The summed E-state index contributed by atoms with van der Waals surface area (Å²) >= 11 is 3.72. The van der Waals surface area contributed by atoms with Gasteiger partial charge in [-0.15, -0.1) is 23.5 Å². The number of rotatable bonds is 0. The summed E-state index contributed by atoms with van der Waals surface area (Å²) < 4.78 is 0. The number of benzene rings is 1. The third-order valence-corrected chi connectivity index (χ3v) is 6.50. The Bertz CT molecular complexity index is 1030. The summed E-state index contributed by atoms with van der Waals surface area (Å²) in [4.78, 5) is 14.7. The predicted molar refractivity (Wildman–Crippen MR) is 111 cm³/mol. The Balaban J connectivity index is 1.63. The van der Waals surface area contributed by atoms with Crippen molar-refractivity contribution in [3.05, 3.63) is 77.4 Å². The van der Waals surface area contributed by atoms with Crippen molar-refractivity contribution >= 4 is 45.3 Å². The zero-order valence-corrected chi connectivity index (χ0v) is 15.8. The molecule has 3 nitrogen and oxygen atoms in total. The number of pyridine rings is 3. The minimum Gasteiger partial charge on any atom is -0.256 e. The van der Waals surface area contributed by atoms with Crippen LogP contribution in [0.3, 0.4) is 0 Å². The summed E-state index contributed by atoms with van der Waals surface area (Å²) in [5.41, 5.74) is 6.52. The van der Waals surface area contributed by atoms with Gasteiger partial charge in [0, 0.05) is 33.8 Å². The molecule has 0 fully saturated rings. The van der Waals surface area contributed by atoms with Crippen molar-refractivity contribution < 1.29 is 0 Å². The van der Waals surface area contributed by atoms with Crippen LogP contribution in [-0.2, 0) is 23.0 Å². The molecule has 1 aliphatic heterocycles. The molecule has 4 aromatic rings. The van der Waals surface area contributed by atoms with Gasteiger partial charge in [0.1, 0.15) is 0 Å². The third kappa shape index (κ3) is 3.17. The molecule has 0 radical (unpaired) electrons. The zero-order valence-electron chi connectivity index (χ0n) is 14.2. The van der Waals surface area contributed by atoms with Crippen molar-refractivity contribution in [2.24, 2.45) is 0 Å². The van der Waals surface area contributed by atoms with Gasteiger partial charge in [-0.05, 0) is 24.3 Å². The van der Waals surface area contributed by atoms with Crippen molar-refractivity contribution in [1.82, 2.24) is 15.0 Å². The lowest BCUT2D eigenvalue weighted by Gasteiger charge is -2.07. The number of aromatic nitrogens is 3. The van der Waals surface area contributed by atoms with Gasteiger partial charge in [0.15, 0.2) is 0 Å². The van der Waals surface area contributed by atoms with Gasteiger partial charge in [0.05, 0.1) is 33.8 Å². The van der Waals surface area contributed by atoms with E-state index in [1.807, 2.05) is 23.5 Å². The molecule has 3 aromatic heterocycles. The molecule has 0 atom stereocenters. The second-order valence-corrected chi connectivity index (χ2v) is 8.39. The second-order valence-electron chi connectivity index (χ2n) is 6.42. The summed E-state index contributed by atoms with van der Waals surface area (Å²) in [7, 11) is 0. The molecule has 5 rings (SSSR count). The highest BCUT2D eigenvalue weighted by Gasteiger charge is 2.08. The van der Waals surface area contributed by atoms with Crippen molar-refractivity contribution in [2.75, 3.05) is 0 Å². The summed E-state index contributed by atoms with van der Waals surface area (Å²) in [6.07, 6.45) is 0. The molecule has 1 aliphatic rings. The molecule has 0 amide bonds. The van der Waals surface area contributed by atoms with E-state index in [9.17, 15) is 0 Å². The van der Waals surface area contributed by atoms with Crippen LogP contribution >= 0.6 is 23.5 Å². The van der Waals surface area contributed by atoms with Crippen molar-refractivity contribution in [1.29, 1.82) is 0 Å². The molecule has 0 spiro atoms. The molecule has 1 aromatic carbocycles. The van der Waals surface area contributed by atoms with Crippen LogP contribution in [0.2, 0.25) is 0 Å². The first kappa shape index (κ1) is 16.1. The van der Waals surface area contributed by atoms with Gasteiger partial charge in [-0.1, -0.05) is 30.3 Å². The van der Waals surface area contributed by atoms with Gasteiger partial charge in [-0.3, -0.25) is 4.98 Å². The fourth-order valence-electron chi connectivity index (χ4n) is 3.22. The van der Waals surface area contributed by atoms with Crippen LogP contribution in [-0.4, -0.2) is 15.0 Å². The molecule has 0 aliphatic carbocycles. The Morgan fingerprint density at radius 2 is 0.923 bits per heavy atom. The van der Waals surface area contributed by atoms with Gasteiger partial charge in [-0.25, -0.2) is 9.97 Å². The molecule has 26 heavy (non-hydrogen) atoms. The number of hydrogen-bond acceptors (Lipinski definition) is 5. The average Bonchev–Trinajstić information content (AvgIpc) is 2.68. The maximum atomic E-state index is 4.94. The number of thioether (sulfide) groups is 2. The number of nitrogens with zero attached hydrogens (tertiary/aromatic N) is 3. The van der Waals surface area contributed by atoms with Crippen LogP contribution < -0.4 is 0 Å². The van der Waals surface area contributed by atoms with Crippen molar-refractivity contribution in [3.8, 4) is 0 Å². The molecule has 5 heteroatoms. The fraction of sp³-hybridized carbons (Fsp3) is 0.190. The van der Waals surface area contributed by atoms with E-state index in [4.69, 9.17) is 15.0 Å². The van der Waals surface area contributed by atoms with E-state index < -0.39 is 0 Å². The van der Waals surface area contributed by atoms with Gasteiger partial charge in [0.2, 0.25) is 0 Å². The first-order chi connectivity index (χ1) is 12.8. The number of fused-ring (bicyclic) bond motifs is 4. The summed E-state index contributed by atoms with van der Waals surface area (Å²) in [5, 5.41) is 2.31. The monoisotopic (exact) mass is 375 g/mol. The highest BCUT2D eigenvalue weighted by Crippen LogP contribution is 2.26. The highest BCUT2D eigenvalue weighted by atomic mass is 32.2. The van der Waals surface area contributed by atoms with Crippen LogP contribution in [0.4, 0.5) is 0 Å². The average molecular weight is 376 g/mol. The normalized spacial score (nSPS) is 14.8. The van der Waals surface area contributed by atoms with Crippen LogP contribution in [0.25, 0.3) is 21.8 Å². The molecule has 0 unspecified atom stereocenters. The fourth-order valence-corrected chi connectivity index (χ4v) is 4.90. The minimum absolute atomic E-state index is 0.882. The Hall–Kier alpha value is -2.11. The Kier molecular flexibility index (Phi) is 4.27. The molecule has 128 valence electrons. The molecule has 0 saturated carbocycles. The van der Waals surface area contributed by atoms with Crippen LogP contribution in [0, 0.1) is 0 Å². The largest absolute Gasteiger partial charge is 0.256 e. The molecule has 0 N–H and O–H groups in total. The topological polar surface area (TPSA) is 38.7 Å². The molecule has 4 heterocycles. The van der Waals surface area contributed by atoms with Crippen LogP contribution in [0.1, 0.15) is 22.8 Å². The van der Waals surface area contributed by atoms with Crippen molar-refractivity contribution in [2.45, 2.75) is 23.0 Å². The lowest BCUT2D eigenvalue weighted by atomic mass is 10.1. The van der Waals surface area contributed by atoms with E-state index in [1.165, 1.54) is 0 Å². The van der Waals surface area contributed by atoms with Crippen LogP contribution in [0.5, 0.6) is 0 Å². The van der Waals surface area contributed by atoms with E-state index in [-0.39, 0.29) is 0 Å².